The zero-order valence-corrected chi connectivity index (χ0v) is 20.6. The molecule has 4 rings (SSSR count). The Labute approximate surface area is 198 Å². The van der Waals surface area contributed by atoms with Crippen molar-refractivity contribution in [2.45, 2.75) is 53.6 Å². The van der Waals surface area contributed by atoms with Crippen LogP contribution in [-0.4, -0.2) is 41.0 Å². The molecule has 3 heterocycles. The average Bonchev–Trinajstić information content (AvgIpc) is 3.10. The van der Waals surface area contributed by atoms with Gasteiger partial charge in [-0.25, -0.2) is 9.97 Å². The zero-order valence-electron chi connectivity index (χ0n) is 19.8. The third kappa shape index (κ3) is 4.85. The number of thiophene rings is 1. The number of aromatic nitrogens is 2. The predicted molar refractivity (Wildman–Crippen MR) is 132 cm³/mol. The van der Waals surface area contributed by atoms with Crippen molar-refractivity contribution in [3.8, 4) is 0 Å². The van der Waals surface area contributed by atoms with Crippen molar-refractivity contribution in [2.75, 3.05) is 23.3 Å². The molecule has 3 aromatic rings. The van der Waals surface area contributed by atoms with Crippen LogP contribution in [0.25, 0.3) is 10.2 Å². The largest absolute Gasteiger partial charge is 0.452 e. The fourth-order valence-electron chi connectivity index (χ4n) is 4.16. The number of carbonyl (C=O) groups excluding carboxylic acids is 2. The minimum atomic E-state index is -0.853. The molecule has 8 heteroatoms. The summed E-state index contributed by atoms with van der Waals surface area (Å²) in [5.41, 5.74) is 3.98. The number of nitrogens with one attached hydrogen (secondary N) is 1. The number of nitrogens with zero attached hydrogens (tertiary/aromatic N) is 3. The number of benzene rings is 1. The smallest absolute Gasteiger partial charge is 0.309 e. The highest BCUT2D eigenvalue weighted by atomic mass is 32.1. The molecule has 1 aliphatic heterocycles. The molecule has 0 saturated carbocycles. The van der Waals surface area contributed by atoms with Gasteiger partial charge in [-0.05, 0) is 70.2 Å². The molecule has 1 fully saturated rings. The number of rotatable bonds is 5. The van der Waals surface area contributed by atoms with Crippen LogP contribution < -0.4 is 10.2 Å². The Morgan fingerprint density at radius 1 is 1.15 bits per heavy atom. The number of piperidine rings is 1. The summed E-state index contributed by atoms with van der Waals surface area (Å²) in [5, 5.41) is 3.98. The van der Waals surface area contributed by atoms with Gasteiger partial charge in [0.1, 0.15) is 17.0 Å². The highest BCUT2D eigenvalue weighted by molar-refractivity contribution is 7.18. The summed E-state index contributed by atoms with van der Waals surface area (Å²) in [4.78, 5) is 38.8. The molecule has 1 aromatic carbocycles. The van der Waals surface area contributed by atoms with Crippen molar-refractivity contribution in [1.29, 1.82) is 0 Å². The molecule has 0 spiro atoms. The summed E-state index contributed by atoms with van der Waals surface area (Å²) in [6.45, 7) is 11.2. The second kappa shape index (κ2) is 9.47. The zero-order chi connectivity index (χ0) is 23.7. The molecule has 1 unspecified atom stereocenters. The molecule has 1 saturated heterocycles. The Hall–Kier alpha value is -3.00. The standard InChI is InChI=1S/C25H30N4O3S/c1-14-6-7-15(2)20(12-14)28-23(30)17(4)32-25(31)19-8-10-29(11-9-19)22-21-16(3)18(5)33-24(21)27-13-26-22/h6-7,12-13,17,19H,8-11H2,1-5H3,(H,28,30). The number of carbonyl (C=O) groups is 2. The van der Waals surface area contributed by atoms with E-state index < -0.39 is 6.10 Å². The predicted octanol–water partition coefficient (Wildman–Crippen LogP) is 4.71. The Kier molecular flexibility index (Phi) is 6.65. The summed E-state index contributed by atoms with van der Waals surface area (Å²) >= 11 is 1.68. The van der Waals surface area contributed by atoms with E-state index in [1.54, 1.807) is 24.6 Å². The summed E-state index contributed by atoms with van der Waals surface area (Å²) < 4.78 is 5.53. The van der Waals surface area contributed by atoms with Crippen LogP contribution >= 0.6 is 11.3 Å². The van der Waals surface area contributed by atoms with Crippen molar-refractivity contribution in [1.82, 2.24) is 9.97 Å². The van der Waals surface area contributed by atoms with Gasteiger partial charge >= 0.3 is 5.97 Å². The first-order valence-electron chi connectivity index (χ1n) is 11.3. The van der Waals surface area contributed by atoms with Crippen molar-refractivity contribution in [3.63, 3.8) is 0 Å². The SMILES string of the molecule is Cc1ccc(C)c(NC(=O)C(C)OC(=O)C2CCN(c3ncnc4sc(C)c(C)c34)CC2)c1. The van der Waals surface area contributed by atoms with E-state index >= 15 is 0 Å². The van der Waals surface area contributed by atoms with Gasteiger partial charge in [-0.1, -0.05) is 12.1 Å². The van der Waals surface area contributed by atoms with E-state index in [9.17, 15) is 9.59 Å². The highest BCUT2D eigenvalue weighted by Crippen LogP contribution is 2.35. The maximum atomic E-state index is 12.8. The van der Waals surface area contributed by atoms with E-state index in [1.807, 2.05) is 32.0 Å². The molecule has 174 valence electrons. The van der Waals surface area contributed by atoms with E-state index in [4.69, 9.17) is 4.74 Å². The van der Waals surface area contributed by atoms with Gasteiger partial charge in [0.2, 0.25) is 0 Å². The lowest BCUT2D eigenvalue weighted by Crippen LogP contribution is -2.39. The first kappa shape index (κ1) is 23.2. The van der Waals surface area contributed by atoms with Gasteiger partial charge in [-0.15, -0.1) is 11.3 Å². The molecule has 0 bridgehead atoms. The molecule has 1 atom stereocenters. The second-order valence-electron chi connectivity index (χ2n) is 8.81. The molecule has 0 aliphatic carbocycles. The summed E-state index contributed by atoms with van der Waals surface area (Å²) in [5.74, 6) is 0.0876. The number of hydrogen-bond acceptors (Lipinski definition) is 7. The third-order valence-electron chi connectivity index (χ3n) is 6.39. The Morgan fingerprint density at radius 2 is 1.88 bits per heavy atom. The highest BCUT2D eigenvalue weighted by Gasteiger charge is 2.30. The quantitative estimate of drug-likeness (QED) is 0.548. The Bertz CT molecular complexity index is 1200. The van der Waals surface area contributed by atoms with Gasteiger partial charge in [0.15, 0.2) is 6.10 Å². The summed E-state index contributed by atoms with van der Waals surface area (Å²) in [7, 11) is 0. The Morgan fingerprint density at radius 3 is 2.61 bits per heavy atom. The van der Waals surface area contributed by atoms with Gasteiger partial charge in [-0.2, -0.15) is 0 Å². The molecule has 0 radical (unpaired) electrons. The van der Waals surface area contributed by atoms with Crippen molar-refractivity contribution in [2.24, 2.45) is 5.92 Å². The lowest BCUT2D eigenvalue weighted by Gasteiger charge is -2.32. The van der Waals surface area contributed by atoms with Gasteiger partial charge < -0.3 is 15.0 Å². The average molecular weight is 467 g/mol. The van der Waals surface area contributed by atoms with Crippen LogP contribution in [0.3, 0.4) is 0 Å². The molecular weight excluding hydrogens is 436 g/mol. The van der Waals surface area contributed by atoms with E-state index in [0.29, 0.717) is 25.9 Å². The molecule has 33 heavy (non-hydrogen) atoms. The molecule has 7 nitrogen and oxygen atoms in total. The van der Waals surface area contributed by atoms with Crippen molar-refractivity contribution >= 4 is 44.9 Å². The van der Waals surface area contributed by atoms with Crippen LogP contribution in [-0.2, 0) is 14.3 Å². The summed E-state index contributed by atoms with van der Waals surface area (Å²) in [6, 6.07) is 5.87. The molecule has 1 aliphatic rings. The molecular formula is C25H30N4O3S. The number of amides is 1. The lowest BCUT2D eigenvalue weighted by atomic mass is 9.96. The number of hydrogen-bond donors (Lipinski definition) is 1. The number of anilines is 2. The van der Waals surface area contributed by atoms with Gasteiger partial charge in [0.05, 0.1) is 11.3 Å². The number of fused-ring (bicyclic) bond motifs is 1. The maximum absolute atomic E-state index is 12.8. The molecule has 1 N–H and O–H groups in total. The monoisotopic (exact) mass is 466 g/mol. The van der Waals surface area contributed by atoms with Gasteiger partial charge in [0.25, 0.3) is 5.91 Å². The number of aryl methyl sites for hydroxylation is 4. The van der Waals surface area contributed by atoms with Crippen LogP contribution in [0.5, 0.6) is 0 Å². The second-order valence-corrected chi connectivity index (χ2v) is 10.0. The van der Waals surface area contributed by atoms with Crippen molar-refractivity contribution < 1.29 is 14.3 Å². The van der Waals surface area contributed by atoms with Crippen molar-refractivity contribution in [3.05, 3.63) is 46.1 Å². The maximum Gasteiger partial charge on any atom is 0.309 e. The molecule has 1 amide bonds. The fourth-order valence-corrected chi connectivity index (χ4v) is 5.15. The van der Waals surface area contributed by atoms with Gasteiger partial charge in [-0.3, -0.25) is 9.59 Å². The third-order valence-corrected chi connectivity index (χ3v) is 7.50. The van der Waals surface area contributed by atoms with Gasteiger partial charge in [0, 0.05) is 23.7 Å². The normalized spacial score (nSPS) is 15.5. The van der Waals surface area contributed by atoms with Crippen LogP contribution in [0.4, 0.5) is 11.5 Å². The summed E-state index contributed by atoms with van der Waals surface area (Å²) in [6.07, 6.45) is 2.09. The fraction of sp³-hybridized carbons (Fsp3) is 0.440. The van der Waals surface area contributed by atoms with E-state index in [-0.39, 0.29) is 17.8 Å². The van der Waals surface area contributed by atoms with Crippen LogP contribution in [0.2, 0.25) is 0 Å². The minimum absolute atomic E-state index is 0.222. The van der Waals surface area contributed by atoms with Crippen LogP contribution in [0.1, 0.15) is 41.3 Å². The van der Waals surface area contributed by atoms with Crippen LogP contribution in [0.15, 0.2) is 24.5 Å². The van der Waals surface area contributed by atoms with E-state index in [2.05, 4.69) is 34.0 Å². The Balaban J connectivity index is 1.35. The van der Waals surface area contributed by atoms with E-state index in [0.717, 1.165) is 32.8 Å². The first-order valence-corrected chi connectivity index (χ1v) is 12.1. The topological polar surface area (TPSA) is 84.4 Å². The number of esters is 1. The first-order chi connectivity index (χ1) is 15.7. The van der Waals surface area contributed by atoms with E-state index in [1.165, 1.54) is 10.4 Å². The lowest BCUT2D eigenvalue weighted by molar-refractivity contribution is -0.157. The van der Waals surface area contributed by atoms with Crippen LogP contribution in [0, 0.1) is 33.6 Å². The molecule has 2 aromatic heterocycles. The minimum Gasteiger partial charge on any atom is -0.452 e. The number of ether oxygens (including phenoxy) is 1.